The number of nitrogens with one attached hydrogen (secondary N) is 1. The first kappa shape index (κ1) is 19.9. The SMILES string of the molecule is COc1ccc(CN2C=C(C(=O)Nc3ccc(Cl)cc3)C(C)=NS2(=O)=O)cc1. The Balaban J connectivity index is 1.83. The highest BCUT2D eigenvalue weighted by atomic mass is 35.5. The van der Waals surface area contributed by atoms with Gasteiger partial charge in [-0.3, -0.25) is 9.10 Å². The van der Waals surface area contributed by atoms with Crippen LogP contribution in [0.5, 0.6) is 5.75 Å². The molecule has 0 aliphatic carbocycles. The van der Waals surface area contributed by atoms with Crippen molar-refractivity contribution in [1.29, 1.82) is 0 Å². The molecule has 2 aromatic rings. The summed E-state index contributed by atoms with van der Waals surface area (Å²) in [4.78, 5) is 12.6. The first-order chi connectivity index (χ1) is 13.3. The van der Waals surface area contributed by atoms with Crippen molar-refractivity contribution in [1.82, 2.24) is 4.31 Å². The highest BCUT2D eigenvalue weighted by Gasteiger charge is 2.28. The maximum atomic E-state index is 12.6. The fourth-order valence-corrected chi connectivity index (χ4v) is 3.80. The minimum Gasteiger partial charge on any atom is -0.497 e. The largest absolute Gasteiger partial charge is 0.497 e. The molecule has 9 heteroatoms. The van der Waals surface area contributed by atoms with Crippen molar-refractivity contribution in [2.24, 2.45) is 4.40 Å². The quantitative estimate of drug-likeness (QED) is 0.804. The lowest BCUT2D eigenvalue weighted by Gasteiger charge is -2.23. The van der Waals surface area contributed by atoms with E-state index in [4.69, 9.17) is 16.3 Å². The van der Waals surface area contributed by atoms with Crippen molar-refractivity contribution in [2.45, 2.75) is 13.5 Å². The van der Waals surface area contributed by atoms with Gasteiger partial charge in [-0.05, 0) is 48.9 Å². The van der Waals surface area contributed by atoms with E-state index in [0.29, 0.717) is 16.5 Å². The van der Waals surface area contributed by atoms with E-state index >= 15 is 0 Å². The second kappa shape index (κ2) is 8.04. The fraction of sp³-hybridized carbons (Fsp3) is 0.158. The highest BCUT2D eigenvalue weighted by molar-refractivity contribution is 7.88. The zero-order chi connectivity index (χ0) is 20.3. The van der Waals surface area contributed by atoms with Gasteiger partial charge in [0.15, 0.2) is 0 Å². The predicted molar refractivity (Wildman–Crippen MR) is 109 cm³/mol. The van der Waals surface area contributed by atoms with Crippen LogP contribution in [-0.4, -0.2) is 31.5 Å². The number of halogens is 1. The lowest BCUT2D eigenvalue weighted by molar-refractivity contribution is -0.112. The Kier molecular flexibility index (Phi) is 5.71. The van der Waals surface area contributed by atoms with Gasteiger partial charge < -0.3 is 10.1 Å². The van der Waals surface area contributed by atoms with Gasteiger partial charge in [-0.15, -0.1) is 4.40 Å². The number of hydrogen-bond donors (Lipinski definition) is 1. The van der Waals surface area contributed by atoms with Crippen molar-refractivity contribution in [2.75, 3.05) is 12.4 Å². The molecular weight excluding hydrogens is 402 g/mol. The molecule has 1 aliphatic heterocycles. The molecule has 1 heterocycles. The van der Waals surface area contributed by atoms with Gasteiger partial charge in [-0.2, -0.15) is 8.42 Å². The molecule has 0 radical (unpaired) electrons. The molecule has 0 atom stereocenters. The van der Waals surface area contributed by atoms with Gasteiger partial charge in [-0.1, -0.05) is 23.7 Å². The maximum absolute atomic E-state index is 12.6. The topological polar surface area (TPSA) is 88.1 Å². The van der Waals surface area contributed by atoms with Gasteiger partial charge in [0.05, 0.1) is 24.9 Å². The molecule has 1 aliphatic rings. The molecule has 7 nitrogen and oxygen atoms in total. The van der Waals surface area contributed by atoms with Gasteiger partial charge in [0.1, 0.15) is 5.75 Å². The van der Waals surface area contributed by atoms with Crippen LogP contribution in [0, 0.1) is 0 Å². The molecule has 0 fully saturated rings. The van der Waals surface area contributed by atoms with Crippen LogP contribution in [0.4, 0.5) is 5.69 Å². The van der Waals surface area contributed by atoms with E-state index in [-0.39, 0.29) is 17.8 Å². The zero-order valence-corrected chi connectivity index (χ0v) is 16.8. The molecule has 0 saturated heterocycles. The molecule has 146 valence electrons. The number of ether oxygens (including phenoxy) is 1. The summed E-state index contributed by atoms with van der Waals surface area (Å²) in [5.74, 6) is 0.205. The van der Waals surface area contributed by atoms with Crippen LogP contribution < -0.4 is 10.1 Å². The number of nitrogens with zero attached hydrogens (tertiary/aromatic N) is 2. The summed E-state index contributed by atoms with van der Waals surface area (Å²) in [5.41, 5.74) is 1.56. The Bertz CT molecular complexity index is 1050. The van der Waals surface area contributed by atoms with E-state index in [0.717, 1.165) is 9.87 Å². The summed E-state index contributed by atoms with van der Waals surface area (Å²) >= 11 is 5.84. The van der Waals surface area contributed by atoms with Crippen LogP contribution in [-0.2, 0) is 21.5 Å². The van der Waals surface area contributed by atoms with E-state index in [1.165, 1.54) is 13.1 Å². The number of amides is 1. The normalized spacial score (nSPS) is 15.5. The van der Waals surface area contributed by atoms with Crippen molar-refractivity contribution < 1.29 is 17.9 Å². The molecule has 1 N–H and O–H groups in total. The average Bonchev–Trinajstić information content (AvgIpc) is 2.66. The Labute approximate surface area is 168 Å². The summed E-state index contributed by atoms with van der Waals surface area (Å²) < 4.78 is 34.7. The lowest BCUT2D eigenvalue weighted by Crippen LogP contribution is -2.32. The first-order valence-electron chi connectivity index (χ1n) is 8.29. The van der Waals surface area contributed by atoms with Crippen LogP contribution in [0.2, 0.25) is 5.02 Å². The smallest absolute Gasteiger partial charge is 0.344 e. The van der Waals surface area contributed by atoms with E-state index in [1.54, 1.807) is 55.6 Å². The second-order valence-corrected chi connectivity index (χ2v) is 8.04. The Morgan fingerprint density at radius 2 is 1.79 bits per heavy atom. The molecule has 0 saturated carbocycles. The Morgan fingerprint density at radius 1 is 1.14 bits per heavy atom. The van der Waals surface area contributed by atoms with Crippen LogP contribution in [0.3, 0.4) is 0 Å². The molecule has 0 bridgehead atoms. The number of rotatable bonds is 5. The van der Waals surface area contributed by atoms with Gasteiger partial charge in [-0.25, -0.2) is 0 Å². The second-order valence-electron chi connectivity index (χ2n) is 6.05. The predicted octanol–water partition coefficient (Wildman–Crippen LogP) is 3.39. The van der Waals surface area contributed by atoms with Gasteiger partial charge in [0.25, 0.3) is 5.91 Å². The number of hydrogen-bond acceptors (Lipinski definition) is 4. The van der Waals surface area contributed by atoms with E-state index < -0.39 is 16.1 Å². The van der Waals surface area contributed by atoms with Crippen LogP contribution >= 0.6 is 11.6 Å². The molecular formula is C19H18ClN3O4S. The lowest BCUT2D eigenvalue weighted by atomic mass is 10.1. The maximum Gasteiger partial charge on any atom is 0.344 e. The summed E-state index contributed by atoms with van der Waals surface area (Å²) in [7, 11) is -2.36. The Morgan fingerprint density at radius 3 is 2.39 bits per heavy atom. The molecule has 0 unspecified atom stereocenters. The van der Waals surface area contributed by atoms with Gasteiger partial charge in [0, 0.05) is 16.9 Å². The van der Waals surface area contributed by atoms with E-state index in [1.807, 2.05) is 0 Å². The fourth-order valence-electron chi connectivity index (χ4n) is 2.57. The Hall–Kier alpha value is -2.84. The van der Waals surface area contributed by atoms with E-state index in [9.17, 15) is 13.2 Å². The molecule has 1 amide bonds. The summed E-state index contributed by atoms with van der Waals surface area (Å²) in [5, 5.41) is 3.26. The van der Waals surface area contributed by atoms with Crippen molar-refractivity contribution in [3.63, 3.8) is 0 Å². The number of carbonyl (C=O) groups is 1. The number of benzene rings is 2. The minimum atomic E-state index is -3.92. The number of methoxy groups -OCH3 is 1. The third-order valence-electron chi connectivity index (χ3n) is 4.06. The monoisotopic (exact) mass is 419 g/mol. The molecule has 2 aromatic carbocycles. The van der Waals surface area contributed by atoms with Crippen molar-refractivity contribution in [3.8, 4) is 5.75 Å². The van der Waals surface area contributed by atoms with E-state index in [2.05, 4.69) is 9.71 Å². The van der Waals surface area contributed by atoms with Gasteiger partial charge in [0.2, 0.25) is 0 Å². The summed E-state index contributed by atoms with van der Waals surface area (Å²) in [6.45, 7) is 1.52. The zero-order valence-electron chi connectivity index (χ0n) is 15.2. The van der Waals surface area contributed by atoms with Crippen LogP contribution in [0.25, 0.3) is 0 Å². The molecule has 3 rings (SSSR count). The van der Waals surface area contributed by atoms with Crippen molar-refractivity contribution >= 4 is 39.1 Å². The number of anilines is 1. The molecule has 0 spiro atoms. The van der Waals surface area contributed by atoms with Crippen LogP contribution in [0.15, 0.2) is 64.7 Å². The standard InChI is InChI=1S/C19H18ClN3O4S/c1-13-18(19(24)21-16-7-5-15(20)6-8-16)12-23(28(25,26)22-13)11-14-3-9-17(27-2)10-4-14/h3-10,12H,11H2,1-2H3,(H,21,24). The number of carbonyl (C=O) groups excluding carboxylic acids is 1. The van der Waals surface area contributed by atoms with Crippen molar-refractivity contribution in [3.05, 3.63) is 70.9 Å². The molecule has 28 heavy (non-hydrogen) atoms. The van der Waals surface area contributed by atoms with Crippen LogP contribution in [0.1, 0.15) is 12.5 Å². The minimum absolute atomic E-state index is 0.0425. The summed E-state index contributed by atoms with van der Waals surface area (Å²) in [6, 6.07) is 13.6. The third-order valence-corrected chi connectivity index (χ3v) is 5.64. The summed E-state index contributed by atoms with van der Waals surface area (Å²) in [6.07, 6.45) is 1.30. The third kappa shape index (κ3) is 4.52. The molecule has 0 aromatic heterocycles. The van der Waals surface area contributed by atoms with Gasteiger partial charge >= 0.3 is 10.2 Å². The first-order valence-corrected chi connectivity index (χ1v) is 10.1. The average molecular weight is 420 g/mol. The highest BCUT2D eigenvalue weighted by Crippen LogP contribution is 2.22.